The van der Waals surface area contributed by atoms with Gasteiger partial charge in [-0.05, 0) is 32.8 Å². The maximum Gasteiger partial charge on any atom is 0.233 e. The van der Waals surface area contributed by atoms with Crippen LogP contribution in [0.1, 0.15) is 38.7 Å². The Morgan fingerprint density at radius 1 is 1.33 bits per heavy atom. The summed E-state index contributed by atoms with van der Waals surface area (Å²) in [6.45, 7) is 6.32. The van der Waals surface area contributed by atoms with Crippen LogP contribution >= 0.6 is 15.9 Å². The zero-order valence-corrected chi connectivity index (χ0v) is 12.8. The normalized spacial score (nSPS) is 22.7. The zero-order chi connectivity index (χ0) is 13.3. The van der Waals surface area contributed by atoms with Crippen LogP contribution < -0.4 is 0 Å². The summed E-state index contributed by atoms with van der Waals surface area (Å²) in [6, 6.07) is 10.8. The first-order chi connectivity index (χ1) is 8.45. The van der Waals surface area contributed by atoms with Crippen molar-refractivity contribution in [3.05, 3.63) is 35.9 Å². The Kier molecular flexibility index (Phi) is 3.81. The summed E-state index contributed by atoms with van der Waals surface area (Å²) in [5.74, 6) is 0.694. The van der Waals surface area contributed by atoms with Gasteiger partial charge in [0.25, 0.3) is 0 Å². The van der Waals surface area contributed by atoms with Gasteiger partial charge in [-0.15, -0.1) is 0 Å². The van der Waals surface area contributed by atoms with Gasteiger partial charge in [-0.1, -0.05) is 46.3 Å². The van der Waals surface area contributed by atoms with Gasteiger partial charge in [-0.25, -0.2) is 0 Å². The molecule has 0 heterocycles. The molecular formula is C15H20BrNO. The van der Waals surface area contributed by atoms with Gasteiger partial charge in [0.1, 0.15) is 0 Å². The SMILES string of the molecule is CC(C)(C)N(C(=O)CBr)C1CC1c1ccccc1. The molecule has 0 N–H and O–H groups in total. The van der Waals surface area contributed by atoms with E-state index in [1.165, 1.54) is 5.56 Å². The average molecular weight is 310 g/mol. The maximum atomic E-state index is 12.1. The van der Waals surface area contributed by atoms with E-state index in [9.17, 15) is 4.79 Å². The van der Waals surface area contributed by atoms with E-state index in [1.54, 1.807) is 0 Å². The van der Waals surface area contributed by atoms with Crippen LogP contribution in [0.4, 0.5) is 0 Å². The molecule has 18 heavy (non-hydrogen) atoms. The van der Waals surface area contributed by atoms with Crippen molar-refractivity contribution in [3.8, 4) is 0 Å². The molecule has 1 saturated carbocycles. The fourth-order valence-electron chi connectivity index (χ4n) is 2.65. The van der Waals surface area contributed by atoms with E-state index in [1.807, 2.05) is 11.0 Å². The molecule has 3 heteroatoms. The minimum Gasteiger partial charge on any atom is -0.334 e. The van der Waals surface area contributed by atoms with Gasteiger partial charge in [-0.2, -0.15) is 0 Å². The molecule has 98 valence electrons. The van der Waals surface area contributed by atoms with Crippen LogP contribution in [-0.2, 0) is 4.79 Å². The van der Waals surface area contributed by atoms with Crippen molar-refractivity contribution in [3.63, 3.8) is 0 Å². The average Bonchev–Trinajstić information content (AvgIpc) is 3.08. The molecule has 0 aromatic heterocycles. The van der Waals surface area contributed by atoms with E-state index >= 15 is 0 Å². The third kappa shape index (κ3) is 2.77. The standard InChI is InChI=1S/C15H20BrNO/c1-15(2,3)17(14(18)10-16)13-9-12(13)11-7-5-4-6-8-11/h4-8,12-13H,9-10H2,1-3H3. The summed E-state index contributed by atoms with van der Waals surface area (Å²) >= 11 is 3.29. The molecular weight excluding hydrogens is 290 g/mol. The van der Waals surface area contributed by atoms with Crippen molar-refractivity contribution in [2.45, 2.75) is 44.7 Å². The van der Waals surface area contributed by atoms with Crippen LogP contribution in [0.2, 0.25) is 0 Å². The fraction of sp³-hybridized carbons (Fsp3) is 0.533. The predicted molar refractivity (Wildman–Crippen MR) is 78.0 cm³/mol. The molecule has 1 aromatic rings. The van der Waals surface area contributed by atoms with Crippen LogP contribution in [0, 0.1) is 0 Å². The number of rotatable bonds is 3. The lowest BCUT2D eigenvalue weighted by Gasteiger charge is -2.36. The molecule has 0 radical (unpaired) electrons. The first kappa shape index (κ1) is 13.6. The summed E-state index contributed by atoms with van der Waals surface area (Å²) in [4.78, 5) is 14.1. The minimum absolute atomic E-state index is 0.112. The summed E-state index contributed by atoms with van der Waals surface area (Å²) in [5.41, 5.74) is 1.23. The van der Waals surface area contributed by atoms with Crippen LogP contribution in [-0.4, -0.2) is 27.7 Å². The third-order valence-corrected chi connectivity index (χ3v) is 3.90. The molecule has 2 rings (SSSR count). The van der Waals surface area contributed by atoms with Crippen molar-refractivity contribution in [2.24, 2.45) is 0 Å². The lowest BCUT2D eigenvalue weighted by atomic mass is 10.0. The van der Waals surface area contributed by atoms with Gasteiger partial charge >= 0.3 is 0 Å². The van der Waals surface area contributed by atoms with Crippen LogP contribution in [0.3, 0.4) is 0 Å². The smallest absolute Gasteiger partial charge is 0.233 e. The second-order valence-corrected chi connectivity index (χ2v) is 6.45. The Balaban J connectivity index is 2.15. The Bertz CT molecular complexity index is 424. The molecule has 1 amide bonds. The van der Waals surface area contributed by atoms with E-state index in [4.69, 9.17) is 0 Å². The van der Waals surface area contributed by atoms with E-state index < -0.39 is 0 Å². The summed E-state index contributed by atoms with van der Waals surface area (Å²) in [7, 11) is 0. The highest BCUT2D eigenvalue weighted by Gasteiger charge is 2.47. The van der Waals surface area contributed by atoms with Crippen molar-refractivity contribution < 1.29 is 4.79 Å². The number of amides is 1. The Labute approximate surface area is 117 Å². The third-order valence-electron chi connectivity index (χ3n) is 3.42. The number of carbonyl (C=O) groups excluding carboxylic acids is 1. The van der Waals surface area contributed by atoms with Crippen molar-refractivity contribution in [1.29, 1.82) is 0 Å². The van der Waals surface area contributed by atoms with Crippen LogP contribution in [0.5, 0.6) is 0 Å². The maximum absolute atomic E-state index is 12.1. The van der Waals surface area contributed by atoms with Gasteiger partial charge in [0, 0.05) is 17.5 Å². The van der Waals surface area contributed by atoms with Crippen molar-refractivity contribution in [2.75, 3.05) is 5.33 Å². The lowest BCUT2D eigenvalue weighted by molar-refractivity contribution is -0.133. The van der Waals surface area contributed by atoms with Crippen LogP contribution in [0.15, 0.2) is 30.3 Å². The van der Waals surface area contributed by atoms with Crippen LogP contribution in [0.25, 0.3) is 0 Å². The van der Waals surface area contributed by atoms with Gasteiger partial charge in [0.2, 0.25) is 5.91 Å². The number of halogens is 1. The first-order valence-corrected chi connectivity index (χ1v) is 7.50. The highest BCUT2D eigenvalue weighted by molar-refractivity contribution is 9.09. The molecule has 0 saturated heterocycles. The molecule has 2 nitrogen and oxygen atoms in total. The van der Waals surface area contributed by atoms with E-state index in [2.05, 4.69) is 61.0 Å². The predicted octanol–water partition coefficient (Wildman–Crippen LogP) is 3.56. The molecule has 0 aliphatic heterocycles. The minimum atomic E-state index is -0.112. The molecule has 2 unspecified atom stereocenters. The van der Waals surface area contributed by atoms with Gasteiger partial charge in [-0.3, -0.25) is 4.79 Å². The fourth-order valence-corrected chi connectivity index (χ4v) is 2.92. The Morgan fingerprint density at radius 3 is 2.44 bits per heavy atom. The second-order valence-electron chi connectivity index (χ2n) is 5.89. The van der Waals surface area contributed by atoms with Crippen molar-refractivity contribution >= 4 is 21.8 Å². The Hall–Kier alpha value is -0.830. The summed E-state index contributed by atoms with van der Waals surface area (Å²) in [5, 5.41) is 0.405. The number of benzene rings is 1. The molecule has 1 aliphatic rings. The number of nitrogens with zero attached hydrogens (tertiary/aromatic N) is 1. The summed E-state index contributed by atoms with van der Waals surface area (Å²) < 4.78 is 0. The number of hydrogen-bond acceptors (Lipinski definition) is 1. The molecule has 1 aliphatic carbocycles. The summed E-state index contributed by atoms with van der Waals surface area (Å²) in [6.07, 6.45) is 1.08. The van der Waals surface area contributed by atoms with Gasteiger partial charge in [0.15, 0.2) is 0 Å². The monoisotopic (exact) mass is 309 g/mol. The second kappa shape index (κ2) is 5.04. The molecule has 1 aromatic carbocycles. The molecule has 0 spiro atoms. The molecule has 2 atom stereocenters. The molecule has 1 fully saturated rings. The highest BCUT2D eigenvalue weighted by Crippen LogP contribution is 2.47. The van der Waals surface area contributed by atoms with E-state index in [0.717, 1.165) is 6.42 Å². The van der Waals surface area contributed by atoms with E-state index in [-0.39, 0.29) is 11.4 Å². The Morgan fingerprint density at radius 2 is 1.94 bits per heavy atom. The van der Waals surface area contributed by atoms with Crippen molar-refractivity contribution in [1.82, 2.24) is 4.90 Å². The largest absolute Gasteiger partial charge is 0.334 e. The molecule has 0 bridgehead atoms. The van der Waals surface area contributed by atoms with E-state index in [0.29, 0.717) is 17.3 Å². The quantitative estimate of drug-likeness (QED) is 0.782. The highest BCUT2D eigenvalue weighted by atomic mass is 79.9. The number of carbonyl (C=O) groups is 1. The zero-order valence-electron chi connectivity index (χ0n) is 11.2. The lowest BCUT2D eigenvalue weighted by Crippen LogP contribution is -2.48. The van der Waals surface area contributed by atoms with Gasteiger partial charge in [0.05, 0.1) is 5.33 Å². The number of hydrogen-bond donors (Lipinski definition) is 0. The first-order valence-electron chi connectivity index (χ1n) is 6.38. The van der Waals surface area contributed by atoms with Gasteiger partial charge < -0.3 is 4.90 Å². The topological polar surface area (TPSA) is 20.3 Å². The number of alkyl halides is 1.